The lowest BCUT2D eigenvalue weighted by atomic mass is 10.2. The van der Waals surface area contributed by atoms with E-state index in [1.807, 2.05) is 6.92 Å². The highest BCUT2D eigenvalue weighted by Crippen LogP contribution is 2.25. The summed E-state index contributed by atoms with van der Waals surface area (Å²) < 4.78 is 31.9. The van der Waals surface area contributed by atoms with Crippen LogP contribution in [0.15, 0.2) is 45.9 Å². The van der Waals surface area contributed by atoms with Gasteiger partial charge in [-0.05, 0) is 47.1 Å². The largest absolute Gasteiger partial charge is 0.280 e. The molecule has 0 radical (unpaired) electrons. The molecule has 1 heterocycles. The summed E-state index contributed by atoms with van der Waals surface area (Å²) in [6.45, 7) is 1.84. The molecule has 0 saturated carbocycles. The third-order valence-electron chi connectivity index (χ3n) is 2.96. The lowest BCUT2D eigenvalue weighted by Crippen LogP contribution is -2.13. The second kappa shape index (κ2) is 5.01. The van der Waals surface area contributed by atoms with Crippen LogP contribution in [-0.4, -0.2) is 18.7 Å². The van der Waals surface area contributed by atoms with E-state index >= 15 is 0 Å². The first-order valence-corrected chi connectivity index (χ1v) is 7.84. The Morgan fingerprint density at radius 1 is 1.19 bits per heavy atom. The smallest absolute Gasteiger partial charge is 0.264 e. The highest BCUT2D eigenvalue weighted by Gasteiger charge is 2.20. The Labute approximate surface area is 125 Å². The molecule has 0 bridgehead atoms. The van der Waals surface area contributed by atoms with E-state index in [1.165, 1.54) is 6.07 Å². The van der Waals surface area contributed by atoms with Crippen LogP contribution in [0.1, 0.15) is 5.56 Å². The predicted molar refractivity (Wildman–Crippen MR) is 78.8 cm³/mol. The summed E-state index contributed by atoms with van der Waals surface area (Å²) in [5, 5.41) is 7.74. The molecule has 6 nitrogen and oxygen atoms in total. The molecular formula is C13H10ClN3O3S. The number of nitrogens with zero attached hydrogens (tertiary/aromatic N) is 2. The van der Waals surface area contributed by atoms with E-state index < -0.39 is 10.0 Å². The zero-order valence-electron chi connectivity index (χ0n) is 10.9. The van der Waals surface area contributed by atoms with Crippen molar-refractivity contribution in [3.05, 3.63) is 47.0 Å². The number of halogens is 1. The van der Waals surface area contributed by atoms with Gasteiger partial charge in [0.25, 0.3) is 10.0 Å². The molecule has 0 saturated heterocycles. The van der Waals surface area contributed by atoms with Crippen LogP contribution >= 0.6 is 11.6 Å². The van der Waals surface area contributed by atoms with Crippen molar-refractivity contribution in [3.8, 4) is 0 Å². The molecule has 0 unspecified atom stereocenters. The van der Waals surface area contributed by atoms with E-state index in [4.69, 9.17) is 11.6 Å². The summed E-state index contributed by atoms with van der Waals surface area (Å²) in [6.07, 6.45) is 0. The van der Waals surface area contributed by atoms with Crippen molar-refractivity contribution in [2.45, 2.75) is 11.8 Å². The number of benzene rings is 2. The number of anilines is 1. The van der Waals surface area contributed by atoms with Gasteiger partial charge in [0.15, 0.2) is 5.52 Å². The minimum absolute atomic E-state index is 0.00190. The summed E-state index contributed by atoms with van der Waals surface area (Å²) >= 11 is 5.99. The fourth-order valence-corrected chi connectivity index (χ4v) is 3.25. The molecule has 2 aromatic carbocycles. The molecule has 0 fully saturated rings. The first-order chi connectivity index (χ1) is 9.97. The summed E-state index contributed by atoms with van der Waals surface area (Å²) in [5.41, 5.74) is 1.80. The maximum atomic E-state index is 12.4. The summed E-state index contributed by atoms with van der Waals surface area (Å²) in [7, 11) is -3.81. The fourth-order valence-electron chi connectivity index (χ4n) is 1.86. The number of hydrogen-bond acceptors (Lipinski definition) is 5. The van der Waals surface area contributed by atoms with E-state index in [-0.39, 0.29) is 10.4 Å². The highest BCUT2D eigenvalue weighted by molar-refractivity contribution is 7.93. The van der Waals surface area contributed by atoms with E-state index in [0.29, 0.717) is 16.2 Å². The maximum absolute atomic E-state index is 12.4. The highest BCUT2D eigenvalue weighted by atomic mass is 35.5. The van der Waals surface area contributed by atoms with Crippen molar-refractivity contribution in [3.63, 3.8) is 0 Å². The van der Waals surface area contributed by atoms with Gasteiger partial charge in [-0.15, -0.1) is 0 Å². The lowest BCUT2D eigenvalue weighted by Gasteiger charge is -2.09. The average Bonchev–Trinajstić information content (AvgIpc) is 2.90. The number of sulfonamides is 1. The second-order valence-corrected chi connectivity index (χ2v) is 6.52. The molecule has 0 aliphatic heterocycles. The minimum atomic E-state index is -3.81. The third-order valence-corrected chi connectivity index (χ3v) is 4.78. The zero-order valence-corrected chi connectivity index (χ0v) is 12.4. The van der Waals surface area contributed by atoms with E-state index in [9.17, 15) is 8.42 Å². The van der Waals surface area contributed by atoms with Crippen LogP contribution in [0.3, 0.4) is 0 Å². The van der Waals surface area contributed by atoms with Crippen LogP contribution < -0.4 is 4.72 Å². The molecule has 3 aromatic rings. The molecule has 0 spiro atoms. The SMILES string of the molecule is Cc1ccc(NS(=O)(=O)c2cccc3nonc23)cc1Cl. The van der Waals surface area contributed by atoms with Gasteiger partial charge in [-0.3, -0.25) is 4.72 Å². The van der Waals surface area contributed by atoms with Crippen molar-refractivity contribution < 1.29 is 13.0 Å². The first kappa shape index (κ1) is 13.8. The minimum Gasteiger partial charge on any atom is -0.280 e. The van der Waals surface area contributed by atoms with Gasteiger partial charge in [0.1, 0.15) is 10.4 Å². The number of nitrogens with one attached hydrogen (secondary N) is 1. The van der Waals surface area contributed by atoms with Crippen LogP contribution in [0.4, 0.5) is 5.69 Å². The van der Waals surface area contributed by atoms with Gasteiger partial charge in [0, 0.05) is 5.02 Å². The number of hydrogen-bond donors (Lipinski definition) is 1. The molecule has 108 valence electrons. The molecule has 0 aliphatic carbocycles. The zero-order chi connectivity index (χ0) is 15.0. The summed E-state index contributed by atoms with van der Waals surface area (Å²) in [6, 6.07) is 9.55. The van der Waals surface area contributed by atoms with Crippen LogP contribution in [0, 0.1) is 6.92 Å². The fraction of sp³-hybridized carbons (Fsp3) is 0.0769. The Morgan fingerprint density at radius 2 is 2.00 bits per heavy atom. The van der Waals surface area contributed by atoms with E-state index in [0.717, 1.165) is 5.56 Å². The summed E-state index contributed by atoms with van der Waals surface area (Å²) in [5.74, 6) is 0. The average molecular weight is 324 g/mol. The Balaban J connectivity index is 2.04. The maximum Gasteiger partial charge on any atom is 0.264 e. The predicted octanol–water partition coefficient (Wildman–Crippen LogP) is 2.99. The van der Waals surface area contributed by atoms with Crippen molar-refractivity contribution in [2.24, 2.45) is 0 Å². The molecule has 0 amide bonds. The third kappa shape index (κ3) is 2.57. The van der Waals surface area contributed by atoms with Gasteiger partial charge in [-0.2, -0.15) is 0 Å². The summed E-state index contributed by atoms with van der Waals surface area (Å²) in [4.78, 5) is -0.00190. The van der Waals surface area contributed by atoms with Gasteiger partial charge in [0.2, 0.25) is 0 Å². The molecule has 21 heavy (non-hydrogen) atoms. The van der Waals surface area contributed by atoms with E-state index in [2.05, 4.69) is 19.7 Å². The molecule has 3 rings (SSSR count). The number of aryl methyl sites for hydroxylation is 1. The van der Waals surface area contributed by atoms with Crippen molar-refractivity contribution >= 4 is 38.3 Å². The quantitative estimate of drug-likeness (QED) is 0.801. The van der Waals surface area contributed by atoms with Crippen LogP contribution in [0.25, 0.3) is 11.0 Å². The standard InChI is InChI=1S/C13H10ClN3O3S/c1-8-5-6-9(7-10(8)14)17-21(18,19)12-4-2-3-11-13(12)16-20-15-11/h2-7,17H,1H3. The molecule has 8 heteroatoms. The second-order valence-electron chi connectivity index (χ2n) is 4.46. The van der Waals surface area contributed by atoms with Crippen molar-refractivity contribution in [1.29, 1.82) is 0 Å². The Bertz CT molecular complexity index is 921. The molecular weight excluding hydrogens is 314 g/mol. The van der Waals surface area contributed by atoms with E-state index in [1.54, 1.807) is 30.3 Å². The number of fused-ring (bicyclic) bond motifs is 1. The van der Waals surface area contributed by atoms with Crippen LogP contribution in [0.5, 0.6) is 0 Å². The molecule has 0 aliphatic rings. The Kier molecular flexibility index (Phi) is 3.30. The number of rotatable bonds is 3. The van der Waals surface area contributed by atoms with Crippen molar-refractivity contribution in [1.82, 2.24) is 10.3 Å². The number of aromatic nitrogens is 2. The molecule has 1 aromatic heterocycles. The lowest BCUT2D eigenvalue weighted by molar-refractivity contribution is 0.315. The first-order valence-electron chi connectivity index (χ1n) is 5.97. The Hall–Kier alpha value is -2.12. The molecule has 0 atom stereocenters. The van der Waals surface area contributed by atoms with Gasteiger partial charge in [-0.25, -0.2) is 13.0 Å². The van der Waals surface area contributed by atoms with Crippen LogP contribution in [0.2, 0.25) is 5.02 Å². The van der Waals surface area contributed by atoms with Crippen LogP contribution in [-0.2, 0) is 10.0 Å². The van der Waals surface area contributed by atoms with Gasteiger partial charge >= 0.3 is 0 Å². The normalized spacial score (nSPS) is 11.7. The molecule has 1 N–H and O–H groups in total. The van der Waals surface area contributed by atoms with Gasteiger partial charge in [0.05, 0.1) is 5.69 Å². The Morgan fingerprint density at radius 3 is 2.76 bits per heavy atom. The van der Waals surface area contributed by atoms with Gasteiger partial charge in [-0.1, -0.05) is 23.7 Å². The van der Waals surface area contributed by atoms with Crippen molar-refractivity contribution in [2.75, 3.05) is 4.72 Å². The van der Waals surface area contributed by atoms with Gasteiger partial charge < -0.3 is 0 Å². The monoisotopic (exact) mass is 323 g/mol. The topological polar surface area (TPSA) is 85.1 Å².